The van der Waals surface area contributed by atoms with Gasteiger partial charge in [-0.25, -0.2) is 4.39 Å². The summed E-state index contributed by atoms with van der Waals surface area (Å²) < 4.78 is 23.3. The smallest absolute Gasteiger partial charge is 0.170 e. The van der Waals surface area contributed by atoms with Crippen molar-refractivity contribution in [2.75, 3.05) is 26.1 Å². The van der Waals surface area contributed by atoms with Gasteiger partial charge in [-0.3, -0.25) is 0 Å². The van der Waals surface area contributed by atoms with E-state index in [1.165, 1.54) is 12.1 Å². The fraction of sp³-hybridized carbons (Fsp3) is 0.235. The summed E-state index contributed by atoms with van der Waals surface area (Å²) in [6.07, 6.45) is 0.783. The third-order valence-corrected chi connectivity index (χ3v) is 3.50. The molecule has 2 N–H and O–H groups in total. The molecule has 0 aliphatic heterocycles. The number of rotatable bonds is 6. The Morgan fingerprint density at radius 3 is 2.39 bits per heavy atom. The van der Waals surface area contributed by atoms with Crippen molar-refractivity contribution in [3.63, 3.8) is 0 Å². The van der Waals surface area contributed by atoms with Crippen LogP contribution in [0, 0.1) is 5.82 Å². The van der Waals surface area contributed by atoms with Gasteiger partial charge in [-0.15, -0.1) is 0 Å². The minimum Gasteiger partial charge on any atom is -0.493 e. The number of anilines is 1. The number of halogens is 1. The first kappa shape index (κ1) is 17.0. The molecule has 0 saturated heterocycles. The molecule has 0 aliphatic carbocycles. The van der Waals surface area contributed by atoms with E-state index in [2.05, 4.69) is 10.6 Å². The van der Waals surface area contributed by atoms with Gasteiger partial charge in [-0.2, -0.15) is 0 Å². The van der Waals surface area contributed by atoms with E-state index in [0.29, 0.717) is 23.2 Å². The normalized spacial score (nSPS) is 10.0. The van der Waals surface area contributed by atoms with Crippen LogP contribution < -0.4 is 20.1 Å². The van der Waals surface area contributed by atoms with Crippen molar-refractivity contribution >= 4 is 23.0 Å². The van der Waals surface area contributed by atoms with Crippen molar-refractivity contribution in [3.8, 4) is 11.5 Å². The SMILES string of the molecule is COc1ccc(CCNC(=S)Nc2ccc(F)cc2)cc1OC. The molecular weight excluding hydrogens is 315 g/mol. The lowest BCUT2D eigenvalue weighted by molar-refractivity contribution is 0.354. The van der Waals surface area contributed by atoms with Crippen LogP contribution in [-0.4, -0.2) is 25.9 Å². The monoisotopic (exact) mass is 334 g/mol. The second-order valence-corrected chi connectivity index (χ2v) is 5.24. The van der Waals surface area contributed by atoms with Crippen molar-refractivity contribution in [1.82, 2.24) is 5.32 Å². The van der Waals surface area contributed by atoms with Crippen molar-refractivity contribution in [2.45, 2.75) is 6.42 Å². The third kappa shape index (κ3) is 5.10. The van der Waals surface area contributed by atoms with Crippen LogP contribution in [0.5, 0.6) is 11.5 Å². The van der Waals surface area contributed by atoms with Gasteiger partial charge in [0.25, 0.3) is 0 Å². The molecule has 0 radical (unpaired) electrons. The summed E-state index contributed by atoms with van der Waals surface area (Å²) in [7, 11) is 3.22. The van der Waals surface area contributed by atoms with Crippen LogP contribution in [0.2, 0.25) is 0 Å². The minimum atomic E-state index is -0.275. The topological polar surface area (TPSA) is 42.5 Å². The van der Waals surface area contributed by atoms with Gasteiger partial charge in [0.05, 0.1) is 14.2 Å². The lowest BCUT2D eigenvalue weighted by Gasteiger charge is -2.12. The van der Waals surface area contributed by atoms with Gasteiger partial charge in [-0.05, 0) is 60.6 Å². The molecule has 4 nitrogen and oxygen atoms in total. The highest BCUT2D eigenvalue weighted by Crippen LogP contribution is 2.27. The zero-order valence-electron chi connectivity index (χ0n) is 13.1. The molecule has 0 fully saturated rings. The molecule has 0 amide bonds. The largest absolute Gasteiger partial charge is 0.493 e. The molecule has 2 aromatic rings. The first-order chi connectivity index (χ1) is 11.1. The van der Waals surface area contributed by atoms with E-state index >= 15 is 0 Å². The van der Waals surface area contributed by atoms with Gasteiger partial charge in [-0.1, -0.05) is 6.07 Å². The summed E-state index contributed by atoms with van der Waals surface area (Å²) in [5, 5.41) is 6.62. The van der Waals surface area contributed by atoms with E-state index in [9.17, 15) is 4.39 Å². The van der Waals surface area contributed by atoms with E-state index in [1.807, 2.05) is 18.2 Å². The first-order valence-electron chi connectivity index (χ1n) is 7.13. The summed E-state index contributed by atoms with van der Waals surface area (Å²) >= 11 is 5.21. The van der Waals surface area contributed by atoms with Crippen LogP contribution in [0.1, 0.15) is 5.56 Å². The average molecular weight is 334 g/mol. The molecule has 122 valence electrons. The average Bonchev–Trinajstić information content (AvgIpc) is 2.56. The second kappa shape index (κ2) is 8.33. The number of methoxy groups -OCH3 is 2. The summed E-state index contributed by atoms with van der Waals surface area (Å²) in [6.45, 7) is 0.669. The van der Waals surface area contributed by atoms with Crippen molar-refractivity contribution in [2.24, 2.45) is 0 Å². The molecule has 0 spiro atoms. The summed E-state index contributed by atoms with van der Waals surface area (Å²) in [4.78, 5) is 0. The lowest BCUT2D eigenvalue weighted by Crippen LogP contribution is -2.30. The van der Waals surface area contributed by atoms with Crippen LogP contribution in [-0.2, 0) is 6.42 Å². The predicted octanol–water partition coefficient (Wildman–Crippen LogP) is 3.37. The van der Waals surface area contributed by atoms with E-state index in [-0.39, 0.29) is 5.82 Å². The molecule has 2 rings (SSSR count). The third-order valence-electron chi connectivity index (χ3n) is 3.25. The van der Waals surface area contributed by atoms with Gasteiger partial charge in [0, 0.05) is 12.2 Å². The lowest BCUT2D eigenvalue weighted by atomic mass is 10.1. The van der Waals surface area contributed by atoms with Crippen molar-refractivity contribution < 1.29 is 13.9 Å². The summed E-state index contributed by atoms with van der Waals surface area (Å²) in [5.74, 6) is 1.14. The summed E-state index contributed by atoms with van der Waals surface area (Å²) in [6, 6.07) is 11.8. The van der Waals surface area contributed by atoms with Crippen LogP contribution in [0.4, 0.5) is 10.1 Å². The Balaban J connectivity index is 1.82. The van der Waals surface area contributed by atoms with Crippen LogP contribution in [0.15, 0.2) is 42.5 Å². The Bertz CT molecular complexity index is 662. The van der Waals surface area contributed by atoms with Crippen LogP contribution in [0.25, 0.3) is 0 Å². The Hall–Kier alpha value is -2.34. The number of nitrogens with one attached hydrogen (secondary N) is 2. The molecule has 23 heavy (non-hydrogen) atoms. The van der Waals surface area contributed by atoms with E-state index < -0.39 is 0 Å². The van der Waals surface area contributed by atoms with Gasteiger partial charge >= 0.3 is 0 Å². The molecule has 0 heterocycles. The summed E-state index contributed by atoms with van der Waals surface area (Å²) in [5.41, 5.74) is 1.86. The fourth-order valence-corrected chi connectivity index (χ4v) is 2.28. The van der Waals surface area contributed by atoms with E-state index in [0.717, 1.165) is 17.7 Å². The molecular formula is C17H19FN2O2S. The molecule has 0 saturated carbocycles. The maximum absolute atomic E-state index is 12.8. The Kier molecular flexibility index (Phi) is 6.17. The highest BCUT2D eigenvalue weighted by molar-refractivity contribution is 7.80. The number of hydrogen-bond acceptors (Lipinski definition) is 3. The maximum Gasteiger partial charge on any atom is 0.170 e. The molecule has 0 aromatic heterocycles. The fourth-order valence-electron chi connectivity index (χ4n) is 2.07. The molecule has 2 aromatic carbocycles. The highest BCUT2D eigenvalue weighted by Gasteiger charge is 2.05. The first-order valence-corrected chi connectivity index (χ1v) is 7.54. The number of thiocarbonyl (C=S) groups is 1. The van der Waals surface area contributed by atoms with Crippen LogP contribution in [0.3, 0.4) is 0 Å². The predicted molar refractivity (Wildman–Crippen MR) is 93.9 cm³/mol. The number of hydrogen-bond donors (Lipinski definition) is 2. The zero-order valence-corrected chi connectivity index (χ0v) is 13.9. The van der Waals surface area contributed by atoms with Gasteiger partial charge in [0.1, 0.15) is 5.82 Å². The minimum absolute atomic E-state index is 0.275. The zero-order chi connectivity index (χ0) is 16.7. The van der Waals surface area contributed by atoms with Crippen molar-refractivity contribution in [1.29, 1.82) is 0 Å². The molecule has 0 bridgehead atoms. The second-order valence-electron chi connectivity index (χ2n) is 4.83. The maximum atomic E-state index is 12.8. The van der Waals surface area contributed by atoms with E-state index in [4.69, 9.17) is 21.7 Å². The number of ether oxygens (including phenoxy) is 2. The van der Waals surface area contributed by atoms with Gasteiger partial charge in [0.15, 0.2) is 16.6 Å². The Morgan fingerprint density at radius 2 is 1.74 bits per heavy atom. The van der Waals surface area contributed by atoms with Gasteiger partial charge < -0.3 is 20.1 Å². The Morgan fingerprint density at radius 1 is 1.04 bits per heavy atom. The van der Waals surface area contributed by atoms with Crippen LogP contribution >= 0.6 is 12.2 Å². The molecule has 0 atom stereocenters. The quantitative estimate of drug-likeness (QED) is 0.793. The standard InChI is InChI=1S/C17H19FN2O2S/c1-21-15-8-3-12(11-16(15)22-2)9-10-19-17(23)20-14-6-4-13(18)5-7-14/h3-8,11H,9-10H2,1-2H3,(H2,19,20,23). The van der Waals surface area contributed by atoms with Crippen molar-refractivity contribution in [3.05, 3.63) is 53.8 Å². The molecule has 6 heteroatoms. The highest BCUT2D eigenvalue weighted by atomic mass is 32.1. The Labute approximate surface area is 140 Å². The van der Waals surface area contributed by atoms with Gasteiger partial charge in [0.2, 0.25) is 0 Å². The molecule has 0 aliphatic rings. The number of benzene rings is 2. The molecule has 0 unspecified atom stereocenters. The van der Waals surface area contributed by atoms with E-state index in [1.54, 1.807) is 26.4 Å².